The molecule has 26 heavy (non-hydrogen) atoms. The van der Waals surface area contributed by atoms with Gasteiger partial charge in [-0.2, -0.15) is 0 Å². The highest BCUT2D eigenvalue weighted by Crippen LogP contribution is 2.19. The Morgan fingerprint density at radius 3 is 1.81 bits per heavy atom. The van der Waals surface area contributed by atoms with Gasteiger partial charge >= 0.3 is 0 Å². The lowest BCUT2D eigenvalue weighted by atomic mass is 10.1. The van der Waals surface area contributed by atoms with Gasteiger partial charge in [-0.25, -0.2) is 8.42 Å². The average Bonchev–Trinajstić information content (AvgIpc) is 2.65. The van der Waals surface area contributed by atoms with Gasteiger partial charge in [0.2, 0.25) is 0 Å². The van der Waals surface area contributed by atoms with Crippen molar-refractivity contribution in [1.29, 1.82) is 0 Å². The minimum atomic E-state index is -3.54. The predicted octanol–water partition coefficient (Wildman–Crippen LogP) is 5.95. The molecule has 0 aliphatic heterocycles. The minimum absolute atomic E-state index is 0.310. The number of unbranched alkanes of at least 4 members (excludes halogenated alkanes) is 4. The van der Waals surface area contributed by atoms with E-state index in [-0.39, 0.29) is 0 Å². The topological polar surface area (TPSA) is 46.2 Å². The highest BCUT2D eigenvalue weighted by atomic mass is 32.2. The van der Waals surface area contributed by atoms with Crippen LogP contribution in [0.5, 0.6) is 0 Å². The number of anilines is 1. The van der Waals surface area contributed by atoms with Crippen molar-refractivity contribution in [1.82, 2.24) is 0 Å². The van der Waals surface area contributed by atoms with E-state index in [9.17, 15) is 8.42 Å². The maximum atomic E-state index is 12.6. The summed E-state index contributed by atoms with van der Waals surface area (Å²) >= 11 is 0. The fraction of sp³-hybridized carbons (Fsp3) is 0.455. The van der Waals surface area contributed by atoms with Crippen LogP contribution in [0.15, 0.2) is 53.4 Å². The van der Waals surface area contributed by atoms with Gasteiger partial charge in [0.25, 0.3) is 10.0 Å². The lowest BCUT2D eigenvalue weighted by Crippen LogP contribution is -2.13. The molecule has 0 aliphatic rings. The standard InChI is InChI=1S/C22H31NO2S/c1-3-5-7-8-10-20-13-17-22(18-14-20)26(24,25)23-21-15-11-19(12-16-21)9-6-4-2/h11-18,23H,3-10H2,1-2H3. The van der Waals surface area contributed by atoms with Crippen molar-refractivity contribution >= 4 is 15.7 Å². The van der Waals surface area contributed by atoms with Gasteiger partial charge in [-0.15, -0.1) is 0 Å². The Labute approximate surface area is 158 Å². The number of rotatable bonds is 11. The van der Waals surface area contributed by atoms with Gasteiger partial charge in [0.15, 0.2) is 0 Å². The maximum absolute atomic E-state index is 12.6. The smallest absolute Gasteiger partial charge is 0.261 e. The van der Waals surface area contributed by atoms with Gasteiger partial charge in [0, 0.05) is 5.69 Å². The Morgan fingerprint density at radius 2 is 1.23 bits per heavy atom. The molecule has 0 unspecified atom stereocenters. The summed E-state index contributed by atoms with van der Waals surface area (Å²) < 4.78 is 27.8. The number of hydrogen-bond donors (Lipinski definition) is 1. The molecule has 0 heterocycles. The van der Waals surface area contributed by atoms with Crippen molar-refractivity contribution in [3.05, 3.63) is 59.7 Å². The van der Waals surface area contributed by atoms with E-state index in [4.69, 9.17) is 0 Å². The first-order chi connectivity index (χ1) is 12.5. The van der Waals surface area contributed by atoms with E-state index in [1.54, 1.807) is 12.1 Å². The van der Waals surface area contributed by atoms with Gasteiger partial charge in [-0.1, -0.05) is 63.8 Å². The quantitative estimate of drug-likeness (QED) is 0.494. The molecular formula is C22H31NO2S. The van der Waals surface area contributed by atoms with E-state index in [1.807, 2.05) is 36.4 Å². The molecule has 0 radical (unpaired) electrons. The summed E-state index contributed by atoms with van der Waals surface area (Å²) in [6, 6.07) is 14.9. The molecule has 2 aromatic rings. The molecule has 0 amide bonds. The molecule has 0 aromatic heterocycles. The zero-order valence-electron chi connectivity index (χ0n) is 16.0. The summed E-state index contributed by atoms with van der Waals surface area (Å²) in [7, 11) is -3.54. The molecule has 0 atom stereocenters. The zero-order valence-corrected chi connectivity index (χ0v) is 16.8. The van der Waals surface area contributed by atoms with Gasteiger partial charge in [0.05, 0.1) is 4.90 Å². The summed E-state index contributed by atoms with van der Waals surface area (Å²) in [6.07, 6.45) is 9.21. The molecule has 2 aromatic carbocycles. The molecule has 3 nitrogen and oxygen atoms in total. The van der Waals surface area contributed by atoms with Crippen LogP contribution >= 0.6 is 0 Å². The van der Waals surface area contributed by atoms with Crippen LogP contribution in [0.25, 0.3) is 0 Å². The van der Waals surface area contributed by atoms with E-state index in [2.05, 4.69) is 18.6 Å². The van der Waals surface area contributed by atoms with Crippen LogP contribution in [0, 0.1) is 0 Å². The summed E-state index contributed by atoms with van der Waals surface area (Å²) in [6.45, 7) is 4.37. The second kappa shape index (κ2) is 10.4. The Morgan fingerprint density at radius 1 is 0.692 bits per heavy atom. The van der Waals surface area contributed by atoms with E-state index in [1.165, 1.54) is 30.4 Å². The Balaban J connectivity index is 1.96. The van der Waals surface area contributed by atoms with Crippen LogP contribution in [0.4, 0.5) is 5.69 Å². The van der Waals surface area contributed by atoms with E-state index in [0.717, 1.165) is 32.1 Å². The summed E-state index contributed by atoms with van der Waals surface area (Å²) in [5, 5.41) is 0. The Kier molecular flexibility index (Phi) is 8.17. The number of sulfonamides is 1. The first-order valence-electron chi connectivity index (χ1n) is 9.76. The van der Waals surface area contributed by atoms with Crippen molar-refractivity contribution in [3.63, 3.8) is 0 Å². The fourth-order valence-corrected chi connectivity index (χ4v) is 3.98. The normalized spacial score (nSPS) is 11.5. The molecule has 0 aliphatic carbocycles. The van der Waals surface area contributed by atoms with Crippen LogP contribution in [0.1, 0.15) is 63.5 Å². The zero-order chi connectivity index (χ0) is 18.8. The average molecular weight is 374 g/mol. The molecule has 142 valence electrons. The van der Waals surface area contributed by atoms with Gasteiger partial charge in [-0.05, 0) is 61.1 Å². The maximum Gasteiger partial charge on any atom is 0.261 e. The van der Waals surface area contributed by atoms with Crippen molar-refractivity contribution < 1.29 is 8.42 Å². The summed E-state index contributed by atoms with van der Waals surface area (Å²) in [5.41, 5.74) is 3.04. The second-order valence-corrected chi connectivity index (χ2v) is 8.54. The van der Waals surface area contributed by atoms with Crippen LogP contribution in [0.2, 0.25) is 0 Å². The fourth-order valence-electron chi connectivity index (χ4n) is 2.93. The summed E-state index contributed by atoms with van der Waals surface area (Å²) in [5.74, 6) is 0. The van der Waals surface area contributed by atoms with E-state index < -0.39 is 10.0 Å². The van der Waals surface area contributed by atoms with Crippen molar-refractivity contribution in [3.8, 4) is 0 Å². The molecule has 0 saturated heterocycles. The van der Waals surface area contributed by atoms with Crippen LogP contribution in [0.3, 0.4) is 0 Å². The number of benzene rings is 2. The highest BCUT2D eigenvalue weighted by molar-refractivity contribution is 7.92. The van der Waals surface area contributed by atoms with Crippen LogP contribution in [-0.4, -0.2) is 8.42 Å². The van der Waals surface area contributed by atoms with Gasteiger partial charge in [0.1, 0.15) is 0 Å². The van der Waals surface area contributed by atoms with Crippen molar-refractivity contribution in [2.45, 2.75) is 70.1 Å². The number of aryl methyl sites for hydroxylation is 2. The Bertz CT molecular complexity index is 750. The van der Waals surface area contributed by atoms with Crippen molar-refractivity contribution in [2.24, 2.45) is 0 Å². The lowest BCUT2D eigenvalue weighted by molar-refractivity contribution is 0.601. The third-order valence-corrected chi connectivity index (χ3v) is 5.98. The highest BCUT2D eigenvalue weighted by Gasteiger charge is 2.14. The first kappa shape index (κ1) is 20.5. The van der Waals surface area contributed by atoms with E-state index >= 15 is 0 Å². The Hall–Kier alpha value is -1.81. The number of hydrogen-bond acceptors (Lipinski definition) is 2. The minimum Gasteiger partial charge on any atom is -0.280 e. The largest absolute Gasteiger partial charge is 0.280 e. The third-order valence-electron chi connectivity index (χ3n) is 4.58. The van der Waals surface area contributed by atoms with Crippen molar-refractivity contribution in [2.75, 3.05) is 4.72 Å². The monoisotopic (exact) mass is 373 g/mol. The predicted molar refractivity (Wildman–Crippen MR) is 110 cm³/mol. The molecular weight excluding hydrogens is 342 g/mol. The van der Waals surface area contributed by atoms with Crippen LogP contribution < -0.4 is 4.72 Å². The molecule has 0 fully saturated rings. The van der Waals surface area contributed by atoms with Crippen LogP contribution in [-0.2, 0) is 22.9 Å². The molecule has 0 saturated carbocycles. The molecule has 2 rings (SSSR count). The molecule has 0 bridgehead atoms. The second-order valence-electron chi connectivity index (χ2n) is 6.86. The molecule has 4 heteroatoms. The lowest BCUT2D eigenvalue weighted by Gasteiger charge is -2.10. The third kappa shape index (κ3) is 6.49. The summed E-state index contributed by atoms with van der Waals surface area (Å²) in [4.78, 5) is 0.310. The molecule has 0 spiro atoms. The SMILES string of the molecule is CCCCCCc1ccc(S(=O)(=O)Nc2ccc(CCCC)cc2)cc1. The first-order valence-corrected chi connectivity index (χ1v) is 11.2. The van der Waals surface area contributed by atoms with E-state index in [0.29, 0.717) is 10.6 Å². The number of nitrogens with one attached hydrogen (secondary N) is 1. The molecule has 1 N–H and O–H groups in total. The van der Waals surface area contributed by atoms with Gasteiger partial charge < -0.3 is 0 Å². The van der Waals surface area contributed by atoms with Gasteiger partial charge in [-0.3, -0.25) is 4.72 Å².